The molecule has 0 bridgehead atoms. The molecule has 140 valence electrons. The van der Waals surface area contributed by atoms with Gasteiger partial charge >= 0.3 is 0 Å². The highest BCUT2D eigenvalue weighted by Gasteiger charge is 2.10. The Morgan fingerprint density at radius 3 is 2.71 bits per heavy atom. The zero-order valence-corrected chi connectivity index (χ0v) is 15.3. The fourth-order valence-corrected chi connectivity index (χ4v) is 2.96. The molecule has 3 aromatic heterocycles. The Hall–Kier alpha value is -3.61. The Labute approximate surface area is 162 Å². The lowest BCUT2D eigenvalue weighted by molar-refractivity contribution is 0.611. The summed E-state index contributed by atoms with van der Waals surface area (Å²) in [5.74, 6) is 0.213. The van der Waals surface area contributed by atoms with Gasteiger partial charge in [-0.2, -0.15) is 5.10 Å². The summed E-state index contributed by atoms with van der Waals surface area (Å²) in [6, 6.07) is 12.5. The van der Waals surface area contributed by atoms with Gasteiger partial charge in [0.15, 0.2) is 0 Å². The van der Waals surface area contributed by atoms with E-state index in [1.807, 2.05) is 12.1 Å². The van der Waals surface area contributed by atoms with E-state index < -0.39 is 0 Å². The molecule has 0 radical (unpaired) electrons. The van der Waals surface area contributed by atoms with Gasteiger partial charge in [-0.05, 0) is 49.2 Å². The number of para-hydroxylation sites is 1. The van der Waals surface area contributed by atoms with Crippen LogP contribution in [0.1, 0.15) is 12.5 Å². The molecule has 28 heavy (non-hydrogen) atoms. The Balaban J connectivity index is 1.50. The van der Waals surface area contributed by atoms with Gasteiger partial charge in [0, 0.05) is 36.4 Å². The van der Waals surface area contributed by atoms with Crippen LogP contribution in [0.3, 0.4) is 0 Å². The highest BCUT2D eigenvalue weighted by atomic mass is 19.1. The Morgan fingerprint density at radius 1 is 1.07 bits per heavy atom. The van der Waals surface area contributed by atoms with E-state index in [1.165, 1.54) is 16.3 Å². The largest absolute Gasteiger partial charge is 0.351 e. The lowest BCUT2D eigenvalue weighted by atomic mass is 10.1. The van der Waals surface area contributed by atoms with Crippen molar-refractivity contribution < 1.29 is 4.39 Å². The second kappa shape index (κ2) is 7.96. The average molecular weight is 374 g/mol. The van der Waals surface area contributed by atoms with Crippen molar-refractivity contribution in [2.75, 3.05) is 5.32 Å². The molecule has 0 aliphatic heterocycles. The van der Waals surface area contributed by atoms with Crippen LogP contribution < -0.4 is 5.32 Å². The zero-order chi connectivity index (χ0) is 19.3. The average Bonchev–Trinajstić information content (AvgIpc) is 3.19. The van der Waals surface area contributed by atoms with Crippen LogP contribution in [0.15, 0.2) is 73.4 Å². The fourth-order valence-electron chi connectivity index (χ4n) is 2.96. The minimum atomic E-state index is -0.327. The van der Waals surface area contributed by atoms with E-state index in [2.05, 4.69) is 32.3 Å². The SMILES string of the molecule is CC(Cc1ccncc1)Nc1nccc(-c2cnn(-c3ccccc3F)c2)n1. The van der Waals surface area contributed by atoms with Crippen LogP contribution in [0.5, 0.6) is 0 Å². The highest BCUT2D eigenvalue weighted by Crippen LogP contribution is 2.20. The minimum Gasteiger partial charge on any atom is -0.351 e. The first-order chi connectivity index (χ1) is 13.7. The third kappa shape index (κ3) is 4.03. The van der Waals surface area contributed by atoms with Crippen molar-refractivity contribution >= 4 is 5.95 Å². The summed E-state index contributed by atoms with van der Waals surface area (Å²) in [5.41, 5.74) is 3.09. The molecule has 7 heteroatoms. The molecular weight excluding hydrogens is 355 g/mol. The summed E-state index contributed by atoms with van der Waals surface area (Å²) < 4.78 is 15.5. The quantitative estimate of drug-likeness (QED) is 0.554. The number of rotatable bonds is 6. The summed E-state index contributed by atoms with van der Waals surface area (Å²) in [5, 5.41) is 7.58. The van der Waals surface area contributed by atoms with Crippen molar-refractivity contribution in [3.05, 3.63) is 84.8 Å². The number of hydrogen-bond donors (Lipinski definition) is 1. The van der Waals surface area contributed by atoms with Gasteiger partial charge in [0.25, 0.3) is 0 Å². The number of pyridine rings is 1. The first-order valence-electron chi connectivity index (χ1n) is 8.97. The van der Waals surface area contributed by atoms with Gasteiger partial charge in [0.2, 0.25) is 5.95 Å². The molecule has 4 rings (SSSR count). The van der Waals surface area contributed by atoms with Gasteiger partial charge in [-0.1, -0.05) is 12.1 Å². The summed E-state index contributed by atoms with van der Waals surface area (Å²) in [4.78, 5) is 12.9. The standard InChI is InChI=1S/C21H19FN6/c1-15(12-16-6-9-23-10-7-16)26-21-24-11-8-19(27-21)17-13-25-28(14-17)20-5-3-2-4-18(20)22/h2-11,13-15H,12H2,1H3,(H,24,26,27). The van der Waals surface area contributed by atoms with Crippen molar-refractivity contribution in [3.8, 4) is 16.9 Å². The molecule has 3 heterocycles. The van der Waals surface area contributed by atoms with E-state index in [0.29, 0.717) is 11.6 Å². The molecule has 0 amide bonds. The number of nitrogens with one attached hydrogen (secondary N) is 1. The first-order valence-corrected chi connectivity index (χ1v) is 8.97. The second-order valence-corrected chi connectivity index (χ2v) is 6.50. The van der Waals surface area contributed by atoms with Crippen LogP contribution in [0, 0.1) is 5.82 Å². The minimum absolute atomic E-state index is 0.152. The zero-order valence-electron chi connectivity index (χ0n) is 15.3. The Bertz CT molecular complexity index is 1060. The molecule has 0 saturated carbocycles. The van der Waals surface area contributed by atoms with E-state index in [1.54, 1.807) is 55.2 Å². The number of hydrogen-bond acceptors (Lipinski definition) is 5. The maximum Gasteiger partial charge on any atom is 0.223 e. The highest BCUT2D eigenvalue weighted by molar-refractivity contribution is 5.59. The van der Waals surface area contributed by atoms with Gasteiger partial charge in [-0.3, -0.25) is 4.98 Å². The Morgan fingerprint density at radius 2 is 1.89 bits per heavy atom. The number of benzene rings is 1. The van der Waals surface area contributed by atoms with Gasteiger partial charge in [-0.15, -0.1) is 0 Å². The van der Waals surface area contributed by atoms with Crippen LogP contribution in [0.25, 0.3) is 16.9 Å². The third-order valence-electron chi connectivity index (χ3n) is 4.30. The molecule has 1 unspecified atom stereocenters. The monoisotopic (exact) mass is 374 g/mol. The van der Waals surface area contributed by atoms with Crippen LogP contribution in [-0.4, -0.2) is 30.8 Å². The fraction of sp³-hybridized carbons (Fsp3) is 0.143. The first kappa shape index (κ1) is 17.8. The number of anilines is 1. The van der Waals surface area contributed by atoms with Crippen molar-refractivity contribution in [2.45, 2.75) is 19.4 Å². The van der Waals surface area contributed by atoms with E-state index in [-0.39, 0.29) is 11.9 Å². The number of aromatic nitrogens is 5. The molecule has 1 aromatic carbocycles. The lowest BCUT2D eigenvalue weighted by Crippen LogP contribution is -2.19. The topological polar surface area (TPSA) is 68.5 Å². The molecule has 0 spiro atoms. The molecule has 6 nitrogen and oxygen atoms in total. The van der Waals surface area contributed by atoms with Crippen molar-refractivity contribution in [3.63, 3.8) is 0 Å². The predicted octanol–water partition coefficient (Wildman–Crippen LogP) is 3.91. The van der Waals surface area contributed by atoms with Crippen molar-refractivity contribution in [1.29, 1.82) is 0 Å². The third-order valence-corrected chi connectivity index (χ3v) is 4.30. The molecule has 0 fully saturated rings. The van der Waals surface area contributed by atoms with Gasteiger partial charge in [0.05, 0.1) is 11.9 Å². The summed E-state index contributed by atoms with van der Waals surface area (Å²) in [7, 11) is 0. The number of nitrogens with zero attached hydrogens (tertiary/aromatic N) is 5. The van der Waals surface area contributed by atoms with Gasteiger partial charge in [-0.25, -0.2) is 19.0 Å². The van der Waals surface area contributed by atoms with E-state index in [0.717, 1.165) is 17.7 Å². The van der Waals surface area contributed by atoms with Gasteiger partial charge in [0.1, 0.15) is 11.5 Å². The van der Waals surface area contributed by atoms with Crippen molar-refractivity contribution in [2.24, 2.45) is 0 Å². The summed E-state index contributed by atoms with van der Waals surface area (Å²) in [6.45, 7) is 2.08. The normalized spacial score (nSPS) is 11.9. The van der Waals surface area contributed by atoms with E-state index in [4.69, 9.17) is 0 Å². The molecule has 0 aliphatic rings. The molecule has 0 aliphatic carbocycles. The van der Waals surface area contributed by atoms with Crippen LogP contribution in [0.2, 0.25) is 0 Å². The molecule has 1 atom stereocenters. The van der Waals surface area contributed by atoms with Crippen LogP contribution >= 0.6 is 0 Å². The maximum absolute atomic E-state index is 14.0. The smallest absolute Gasteiger partial charge is 0.223 e. The van der Waals surface area contributed by atoms with Crippen LogP contribution in [0.4, 0.5) is 10.3 Å². The summed E-state index contributed by atoms with van der Waals surface area (Å²) >= 11 is 0. The van der Waals surface area contributed by atoms with E-state index in [9.17, 15) is 4.39 Å². The molecule has 4 aromatic rings. The van der Waals surface area contributed by atoms with Crippen molar-refractivity contribution in [1.82, 2.24) is 24.7 Å². The molecular formula is C21H19FN6. The molecule has 1 N–H and O–H groups in total. The second-order valence-electron chi connectivity index (χ2n) is 6.50. The Kier molecular flexibility index (Phi) is 5.05. The predicted molar refractivity (Wildman–Crippen MR) is 106 cm³/mol. The summed E-state index contributed by atoms with van der Waals surface area (Å²) in [6.07, 6.45) is 9.52. The number of halogens is 1. The lowest BCUT2D eigenvalue weighted by Gasteiger charge is -2.14. The van der Waals surface area contributed by atoms with E-state index >= 15 is 0 Å². The maximum atomic E-state index is 14.0. The van der Waals surface area contributed by atoms with Crippen LogP contribution in [-0.2, 0) is 6.42 Å². The van der Waals surface area contributed by atoms with Gasteiger partial charge < -0.3 is 5.32 Å². The molecule has 0 saturated heterocycles.